The van der Waals surface area contributed by atoms with Gasteiger partial charge in [-0.25, -0.2) is 9.97 Å². The van der Waals surface area contributed by atoms with E-state index in [4.69, 9.17) is 14.4 Å². The van der Waals surface area contributed by atoms with Gasteiger partial charge in [-0.1, -0.05) is 115 Å². The lowest BCUT2D eigenvalue weighted by molar-refractivity contribution is 0.653. The van der Waals surface area contributed by atoms with Crippen molar-refractivity contribution in [2.45, 2.75) is 0 Å². The molecule has 0 bridgehead atoms. The third kappa shape index (κ3) is 3.67. The van der Waals surface area contributed by atoms with E-state index in [9.17, 15) is 0 Å². The van der Waals surface area contributed by atoms with Crippen molar-refractivity contribution in [3.8, 4) is 28.1 Å². The van der Waals surface area contributed by atoms with Crippen molar-refractivity contribution in [3.05, 3.63) is 152 Å². The zero-order valence-corrected chi connectivity index (χ0v) is 24.7. The molecule has 0 spiro atoms. The zero-order valence-electron chi connectivity index (χ0n) is 24.7. The Morgan fingerprint density at radius 2 is 1.22 bits per heavy atom. The number of rotatable bonds is 3. The van der Waals surface area contributed by atoms with Crippen LogP contribution < -0.4 is 0 Å². The minimum atomic E-state index is 0.553. The second kappa shape index (κ2) is 9.62. The molecule has 3 heterocycles. The van der Waals surface area contributed by atoms with Crippen LogP contribution in [0.5, 0.6) is 0 Å². The van der Waals surface area contributed by atoms with Crippen molar-refractivity contribution in [3.63, 3.8) is 0 Å². The fourth-order valence-electron chi connectivity index (χ4n) is 7.12. The Hall–Kier alpha value is -6.26. The highest BCUT2D eigenvalue weighted by molar-refractivity contribution is 6.19. The summed E-state index contributed by atoms with van der Waals surface area (Å²) in [7, 11) is 0. The molecular formula is C42H25N3O. The lowest BCUT2D eigenvalue weighted by Crippen LogP contribution is -1.95. The van der Waals surface area contributed by atoms with Gasteiger partial charge in [0.1, 0.15) is 11.1 Å². The second-order valence-electron chi connectivity index (χ2n) is 11.8. The molecule has 0 aliphatic rings. The Kier molecular flexibility index (Phi) is 5.25. The highest BCUT2D eigenvalue weighted by atomic mass is 16.3. The summed E-state index contributed by atoms with van der Waals surface area (Å²) in [6.07, 6.45) is 1.81. The third-order valence-corrected chi connectivity index (χ3v) is 9.23. The highest BCUT2D eigenvalue weighted by Gasteiger charge is 2.17. The molecule has 0 radical (unpaired) electrons. The van der Waals surface area contributed by atoms with Crippen LogP contribution in [-0.2, 0) is 0 Å². The minimum absolute atomic E-state index is 0.553. The Labute approximate surface area is 263 Å². The number of nitrogens with zero attached hydrogens (tertiary/aromatic N) is 3. The summed E-state index contributed by atoms with van der Waals surface area (Å²) in [5.41, 5.74) is 9.78. The van der Waals surface area contributed by atoms with Crippen molar-refractivity contribution < 1.29 is 4.42 Å². The summed E-state index contributed by atoms with van der Waals surface area (Å²) in [4.78, 5) is 9.82. The van der Waals surface area contributed by atoms with Gasteiger partial charge < -0.3 is 8.98 Å². The number of furan rings is 1. The molecule has 4 heteroatoms. The molecule has 46 heavy (non-hydrogen) atoms. The fourth-order valence-corrected chi connectivity index (χ4v) is 7.12. The fraction of sp³-hybridized carbons (Fsp3) is 0. The summed E-state index contributed by atoms with van der Waals surface area (Å²) < 4.78 is 8.52. The maximum absolute atomic E-state index is 6.10. The van der Waals surface area contributed by atoms with Crippen LogP contribution in [0.15, 0.2) is 156 Å². The van der Waals surface area contributed by atoms with Gasteiger partial charge in [-0.05, 0) is 57.6 Å². The van der Waals surface area contributed by atoms with Gasteiger partial charge in [-0.3, -0.25) is 0 Å². The van der Waals surface area contributed by atoms with Gasteiger partial charge in [-0.2, -0.15) is 0 Å². The van der Waals surface area contributed by atoms with E-state index < -0.39 is 0 Å². The molecule has 0 aliphatic carbocycles. The molecule has 7 aromatic carbocycles. The van der Waals surface area contributed by atoms with E-state index in [-0.39, 0.29) is 0 Å². The van der Waals surface area contributed by atoms with E-state index in [1.807, 2.05) is 12.3 Å². The topological polar surface area (TPSA) is 43.9 Å². The predicted molar refractivity (Wildman–Crippen MR) is 190 cm³/mol. The maximum Gasteiger partial charge on any atom is 0.246 e. The number of aromatic nitrogens is 3. The summed E-state index contributed by atoms with van der Waals surface area (Å²) in [6, 6.07) is 51.6. The van der Waals surface area contributed by atoms with Crippen LogP contribution in [0.3, 0.4) is 0 Å². The number of benzene rings is 7. The van der Waals surface area contributed by atoms with Crippen LogP contribution in [-0.4, -0.2) is 14.5 Å². The molecular weight excluding hydrogens is 562 g/mol. The van der Waals surface area contributed by atoms with Crippen molar-refractivity contribution >= 4 is 65.6 Å². The van der Waals surface area contributed by atoms with Crippen molar-refractivity contribution in [2.24, 2.45) is 0 Å². The van der Waals surface area contributed by atoms with Crippen molar-refractivity contribution in [1.82, 2.24) is 14.5 Å². The smallest absolute Gasteiger partial charge is 0.246 e. The Morgan fingerprint density at radius 3 is 2.11 bits per heavy atom. The van der Waals surface area contributed by atoms with Gasteiger partial charge >= 0.3 is 0 Å². The van der Waals surface area contributed by atoms with Crippen LogP contribution in [0.4, 0.5) is 0 Å². The third-order valence-electron chi connectivity index (χ3n) is 9.23. The average Bonchev–Trinajstić information content (AvgIpc) is 3.68. The first-order valence-corrected chi connectivity index (χ1v) is 15.5. The monoisotopic (exact) mass is 587 g/mol. The Morgan fingerprint density at radius 1 is 0.522 bits per heavy atom. The van der Waals surface area contributed by atoms with Crippen molar-refractivity contribution in [2.75, 3.05) is 0 Å². The first kappa shape index (κ1) is 25.1. The van der Waals surface area contributed by atoms with Gasteiger partial charge in [0, 0.05) is 27.4 Å². The molecule has 4 nitrogen and oxygen atoms in total. The molecule has 3 aromatic heterocycles. The second-order valence-corrected chi connectivity index (χ2v) is 11.8. The quantitative estimate of drug-likeness (QED) is 0.207. The van der Waals surface area contributed by atoms with Crippen LogP contribution in [0, 0.1) is 0 Å². The van der Waals surface area contributed by atoms with Crippen LogP contribution in [0.25, 0.3) is 93.6 Å². The largest absolute Gasteiger partial charge is 0.436 e. The van der Waals surface area contributed by atoms with E-state index in [0.717, 1.165) is 55.3 Å². The van der Waals surface area contributed by atoms with E-state index in [1.165, 1.54) is 32.6 Å². The molecule has 10 aromatic rings. The van der Waals surface area contributed by atoms with Crippen LogP contribution in [0.2, 0.25) is 0 Å². The lowest BCUT2D eigenvalue weighted by atomic mass is 10.0. The maximum atomic E-state index is 6.10. The zero-order chi connectivity index (χ0) is 30.2. The SMILES string of the molecule is c1cc(-c2cccc(-n3c4ccccc4c4ccc5ccccc5c43)c2)cc(-c2cnc3oc4ccc5ccccc5c4c3n2)c1. The van der Waals surface area contributed by atoms with Gasteiger partial charge in [0.25, 0.3) is 0 Å². The van der Waals surface area contributed by atoms with Crippen LogP contribution in [0.1, 0.15) is 0 Å². The van der Waals surface area contributed by atoms with Gasteiger partial charge in [0.15, 0.2) is 0 Å². The summed E-state index contributed by atoms with van der Waals surface area (Å²) >= 11 is 0. The molecule has 0 amide bonds. The number of hydrogen-bond acceptors (Lipinski definition) is 3. The molecule has 0 N–H and O–H groups in total. The van der Waals surface area contributed by atoms with E-state index >= 15 is 0 Å². The molecule has 214 valence electrons. The summed E-state index contributed by atoms with van der Waals surface area (Å²) in [6.45, 7) is 0. The summed E-state index contributed by atoms with van der Waals surface area (Å²) in [5, 5.41) is 8.28. The average molecular weight is 588 g/mol. The molecule has 0 saturated heterocycles. The number of para-hydroxylation sites is 1. The number of hydrogen-bond donors (Lipinski definition) is 0. The predicted octanol–water partition coefficient (Wildman–Crippen LogP) is 11.1. The van der Waals surface area contributed by atoms with Gasteiger partial charge in [-0.15, -0.1) is 0 Å². The molecule has 0 aliphatic heterocycles. The molecule has 0 saturated carbocycles. The Bertz CT molecular complexity index is 2820. The molecule has 10 rings (SSSR count). The van der Waals surface area contributed by atoms with E-state index in [0.29, 0.717) is 5.71 Å². The first-order chi connectivity index (χ1) is 22.8. The van der Waals surface area contributed by atoms with E-state index in [1.54, 1.807) is 0 Å². The Balaban J connectivity index is 1.13. The normalized spacial score (nSPS) is 11.9. The molecule has 0 atom stereocenters. The van der Waals surface area contributed by atoms with E-state index in [2.05, 4.69) is 144 Å². The van der Waals surface area contributed by atoms with Crippen LogP contribution >= 0.6 is 0 Å². The summed E-state index contributed by atoms with van der Waals surface area (Å²) in [5.74, 6) is 0. The van der Waals surface area contributed by atoms with Crippen molar-refractivity contribution in [1.29, 1.82) is 0 Å². The van der Waals surface area contributed by atoms with Gasteiger partial charge in [0.2, 0.25) is 5.71 Å². The lowest BCUT2D eigenvalue weighted by Gasteiger charge is -2.12. The highest BCUT2D eigenvalue weighted by Crippen LogP contribution is 2.38. The standard InChI is InChI=1S/C42H25N3O/c1-3-15-32-26(9-1)20-22-38-39(32)40-42(46-38)43-25-36(44-40)30-13-7-11-28(23-30)29-12-8-14-31(24-29)45-37-18-6-5-17-34(37)35-21-19-27-10-2-4-16-33(27)41(35)45/h1-25H. The molecule has 0 unspecified atom stereocenters. The van der Waals surface area contributed by atoms with Gasteiger partial charge in [0.05, 0.1) is 28.3 Å². The molecule has 0 fully saturated rings. The minimum Gasteiger partial charge on any atom is -0.436 e. The number of fused-ring (bicyclic) bond motifs is 10. The first-order valence-electron chi connectivity index (χ1n) is 15.5.